The van der Waals surface area contributed by atoms with Crippen LogP contribution in [0.3, 0.4) is 0 Å². The van der Waals surface area contributed by atoms with Gasteiger partial charge in [0.2, 0.25) is 5.91 Å². The van der Waals surface area contributed by atoms with Crippen LogP contribution < -0.4 is 15.0 Å². The molecule has 1 aromatic heterocycles. The van der Waals surface area contributed by atoms with E-state index in [1.807, 2.05) is 41.5 Å². The van der Waals surface area contributed by atoms with Crippen LogP contribution in [0.2, 0.25) is 0 Å². The molecule has 2 amide bonds. The number of nitrogens with one attached hydrogen (secondary N) is 1. The van der Waals surface area contributed by atoms with Gasteiger partial charge in [0.1, 0.15) is 17.9 Å². The molecule has 4 fully saturated rings. The Labute approximate surface area is 278 Å². The fraction of sp³-hybridized carbons (Fsp3) is 0.639. The van der Waals surface area contributed by atoms with Crippen LogP contribution in [0, 0.1) is 17.2 Å². The smallest absolute Gasteiger partial charge is 0.282 e. The lowest BCUT2D eigenvalue weighted by Gasteiger charge is -2.54. The van der Waals surface area contributed by atoms with Crippen molar-refractivity contribution in [3.05, 3.63) is 47.1 Å². The van der Waals surface area contributed by atoms with E-state index in [1.54, 1.807) is 4.90 Å². The van der Waals surface area contributed by atoms with E-state index in [-0.39, 0.29) is 52.0 Å². The van der Waals surface area contributed by atoms with E-state index in [0.29, 0.717) is 11.7 Å². The minimum absolute atomic E-state index is 0.0176. The van der Waals surface area contributed by atoms with E-state index in [1.165, 1.54) is 37.4 Å². The molecule has 1 N–H and O–H groups in total. The summed E-state index contributed by atoms with van der Waals surface area (Å²) in [5, 5.41) is 11.5. The summed E-state index contributed by atoms with van der Waals surface area (Å²) in [5.41, 5.74) is 2.50. The second kappa shape index (κ2) is 13.1. The van der Waals surface area contributed by atoms with Crippen molar-refractivity contribution < 1.29 is 18.7 Å². The van der Waals surface area contributed by atoms with Gasteiger partial charge in [-0.15, -0.1) is 10.2 Å². The Kier molecular flexibility index (Phi) is 9.30. The molecule has 1 aromatic carbocycles. The lowest BCUT2D eigenvalue weighted by Crippen LogP contribution is -2.61. The van der Waals surface area contributed by atoms with Crippen molar-refractivity contribution in [1.29, 1.82) is 0 Å². The van der Waals surface area contributed by atoms with Crippen LogP contribution in [0.4, 0.5) is 10.2 Å². The van der Waals surface area contributed by atoms with Crippen LogP contribution >= 0.6 is 0 Å². The Morgan fingerprint density at radius 1 is 1.09 bits per heavy atom. The number of benzene rings is 1. The standard InChI is InChI=1S/C36H50FN7O3/c1-23(2)29-18-36(40-32(29)45)11-9-26(10-12-36)19-42-15-13-35(14-16-42)20-43(21-35)31-33(41-39-22-38-31)47-30-8-7-27(37)17-28(30)34(46)44(24(3)4)25(5)6/h7-8,17,22,24-26H,9-16,18-21H2,1-6H3,(H,40,45). The van der Waals surface area contributed by atoms with Crippen molar-refractivity contribution >= 4 is 17.6 Å². The summed E-state index contributed by atoms with van der Waals surface area (Å²) in [4.78, 5) is 37.1. The summed E-state index contributed by atoms with van der Waals surface area (Å²) in [7, 11) is 0. The number of carbonyl (C=O) groups is 2. The molecule has 1 saturated carbocycles. The Hall–Kier alpha value is -3.60. The van der Waals surface area contributed by atoms with Gasteiger partial charge in [-0.1, -0.05) is 5.57 Å². The minimum atomic E-state index is -0.505. The zero-order valence-corrected chi connectivity index (χ0v) is 28.8. The van der Waals surface area contributed by atoms with Gasteiger partial charge in [0, 0.05) is 54.7 Å². The van der Waals surface area contributed by atoms with Crippen LogP contribution in [-0.4, -0.2) is 87.1 Å². The Bertz CT molecular complexity index is 1510. The van der Waals surface area contributed by atoms with Crippen molar-refractivity contribution in [3.63, 3.8) is 0 Å². The van der Waals surface area contributed by atoms with Crippen LogP contribution in [-0.2, 0) is 4.79 Å². The summed E-state index contributed by atoms with van der Waals surface area (Å²) in [5.74, 6) is 1.06. The first-order valence-corrected chi connectivity index (χ1v) is 17.3. The number of anilines is 1. The number of likely N-dealkylation sites (tertiary alicyclic amines) is 1. The van der Waals surface area contributed by atoms with Gasteiger partial charge in [-0.05, 0) is 117 Å². The van der Waals surface area contributed by atoms with Crippen LogP contribution in [0.1, 0.15) is 96.8 Å². The fourth-order valence-corrected chi connectivity index (χ4v) is 8.31. The predicted octanol–water partition coefficient (Wildman–Crippen LogP) is 5.75. The van der Waals surface area contributed by atoms with Crippen LogP contribution in [0.25, 0.3) is 0 Å². The number of halogens is 1. The van der Waals surface area contributed by atoms with E-state index in [0.717, 1.165) is 76.0 Å². The van der Waals surface area contributed by atoms with Crippen LogP contribution in [0.5, 0.6) is 11.6 Å². The summed E-state index contributed by atoms with van der Waals surface area (Å²) < 4.78 is 20.6. The average molecular weight is 648 g/mol. The highest BCUT2D eigenvalue weighted by atomic mass is 19.1. The maximum atomic E-state index is 14.4. The third-order valence-corrected chi connectivity index (χ3v) is 10.9. The Morgan fingerprint density at radius 2 is 1.77 bits per heavy atom. The third-order valence-electron chi connectivity index (χ3n) is 10.9. The van der Waals surface area contributed by atoms with Gasteiger partial charge in [0.25, 0.3) is 11.8 Å². The molecule has 4 heterocycles. The number of carbonyl (C=O) groups excluding carboxylic acids is 2. The summed E-state index contributed by atoms with van der Waals surface area (Å²) >= 11 is 0. The molecule has 2 aromatic rings. The molecule has 2 spiro atoms. The Morgan fingerprint density at radius 3 is 2.38 bits per heavy atom. The van der Waals surface area contributed by atoms with Gasteiger partial charge in [-0.3, -0.25) is 9.59 Å². The molecule has 0 atom stereocenters. The lowest BCUT2D eigenvalue weighted by atomic mass is 9.71. The highest BCUT2D eigenvalue weighted by Crippen LogP contribution is 2.46. The number of rotatable bonds is 8. The number of hydrogen-bond acceptors (Lipinski definition) is 8. The number of ether oxygens (including phenoxy) is 1. The molecule has 0 radical (unpaired) electrons. The molecule has 6 rings (SSSR count). The van der Waals surface area contributed by atoms with E-state index < -0.39 is 5.82 Å². The molecule has 47 heavy (non-hydrogen) atoms. The number of hydrogen-bond donors (Lipinski definition) is 1. The number of piperidine rings is 1. The molecule has 0 unspecified atom stereocenters. The first kappa shape index (κ1) is 33.3. The van der Waals surface area contributed by atoms with Gasteiger partial charge in [0.05, 0.1) is 5.56 Å². The van der Waals surface area contributed by atoms with Crippen molar-refractivity contribution in [1.82, 2.24) is 30.3 Å². The van der Waals surface area contributed by atoms with Gasteiger partial charge in [-0.2, -0.15) is 0 Å². The lowest BCUT2D eigenvalue weighted by molar-refractivity contribution is -0.117. The van der Waals surface area contributed by atoms with Gasteiger partial charge >= 0.3 is 0 Å². The fourth-order valence-electron chi connectivity index (χ4n) is 8.31. The number of allylic oxidation sites excluding steroid dienone is 1. The second-order valence-electron chi connectivity index (χ2n) is 15.2. The van der Waals surface area contributed by atoms with E-state index in [2.05, 4.69) is 30.3 Å². The zero-order valence-electron chi connectivity index (χ0n) is 28.8. The minimum Gasteiger partial charge on any atom is -0.434 e. The molecular weight excluding hydrogens is 597 g/mol. The topological polar surface area (TPSA) is 104 Å². The SMILES string of the molecule is CC(C)=C1CC2(CCC(CN3CCC4(CC3)CN(c3ncnnc3Oc3ccc(F)cc3C(=O)N(C(C)C)C(C)C)C4)CC2)NC1=O. The highest BCUT2D eigenvalue weighted by molar-refractivity contribution is 5.98. The molecule has 0 bridgehead atoms. The molecule has 1 aliphatic carbocycles. The van der Waals surface area contributed by atoms with Crippen molar-refractivity contribution in [2.75, 3.05) is 37.6 Å². The summed E-state index contributed by atoms with van der Waals surface area (Å²) in [6.45, 7) is 16.9. The zero-order chi connectivity index (χ0) is 33.5. The second-order valence-corrected chi connectivity index (χ2v) is 15.2. The van der Waals surface area contributed by atoms with Gasteiger partial charge in [0.15, 0.2) is 5.82 Å². The first-order valence-electron chi connectivity index (χ1n) is 17.3. The quantitative estimate of drug-likeness (QED) is 0.362. The van der Waals surface area contributed by atoms with Crippen molar-refractivity contribution in [2.24, 2.45) is 11.3 Å². The molecule has 254 valence electrons. The normalized spacial score (nSPS) is 24.2. The third kappa shape index (κ3) is 6.87. The van der Waals surface area contributed by atoms with Crippen molar-refractivity contribution in [2.45, 2.75) is 104 Å². The summed E-state index contributed by atoms with van der Waals surface area (Å²) in [6.07, 6.45) is 9.05. The number of aromatic nitrogens is 3. The largest absolute Gasteiger partial charge is 0.434 e. The van der Waals surface area contributed by atoms with E-state index in [4.69, 9.17) is 4.74 Å². The van der Waals surface area contributed by atoms with E-state index >= 15 is 0 Å². The predicted molar refractivity (Wildman–Crippen MR) is 179 cm³/mol. The molecular formula is C36H50FN7O3. The highest BCUT2D eigenvalue weighted by Gasteiger charge is 2.47. The maximum Gasteiger partial charge on any atom is 0.282 e. The van der Waals surface area contributed by atoms with Gasteiger partial charge in [-0.25, -0.2) is 9.37 Å². The van der Waals surface area contributed by atoms with Crippen LogP contribution in [0.15, 0.2) is 35.7 Å². The van der Waals surface area contributed by atoms with E-state index in [9.17, 15) is 14.0 Å². The molecule has 3 saturated heterocycles. The molecule has 11 heteroatoms. The first-order chi connectivity index (χ1) is 22.4. The summed E-state index contributed by atoms with van der Waals surface area (Å²) in [6, 6.07) is 3.86. The Balaban J connectivity index is 1.04. The molecule has 4 aliphatic rings. The average Bonchev–Trinajstić information content (AvgIpc) is 3.34. The van der Waals surface area contributed by atoms with Crippen molar-refractivity contribution in [3.8, 4) is 11.6 Å². The van der Waals surface area contributed by atoms with Gasteiger partial charge < -0.3 is 24.8 Å². The molecule has 3 aliphatic heterocycles. The molecule has 10 nitrogen and oxygen atoms in total. The maximum absolute atomic E-state index is 14.4. The number of amides is 2. The number of nitrogens with zero attached hydrogens (tertiary/aromatic N) is 6. The monoisotopic (exact) mass is 647 g/mol.